The van der Waals surface area contributed by atoms with Crippen LogP contribution in [0.1, 0.15) is 47.9 Å². The van der Waals surface area contributed by atoms with E-state index in [9.17, 15) is 4.79 Å². The third kappa shape index (κ3) is 3.99. The highest BCUT2D eigenvalue weighted by Crippen LogP contribution is 2.35. The van der Waals surface area contributed by atoms with Crippen LogP contribution in [0.5, 0.6) is 5.75 Å². The molecule has 4 rings (SSSR count). The van der Waals surface area contributed by atoms with E-state index in [-0.39, 0.29) is 18.6 Å². The molecular weight excluding hydrogens is 380 g/mol. The molecule has 160 valence electrons. The maximum atomic E-state index is 12.5. The predicted octanol–water partition coefficient (Wildman–Crippen LogP) is 3.06. The normalized spacial score (nSPS) is 18.4. The van der Waals surface area contributed by atoms with E-state index in [0.717, 1.165) is 74.0 Å². The number of aryl methyl sites for hydroxylation is 1. The number of carbonyl (C=O) groups is 1. The first-order valence-corrected chi connectivity index (χ1v) is 10.6. The molecule has 2 aliphatic heterocycles. The Morgan fingerprint density at radius 2 is 2.00 bits per heavy atom. The molecule has 1 saturated heterocycles. The highest BCUT2D eigenvalue weighted by molar-refractivity contribution is 5.78. The van der Waals surface area contributed by atoms with Crippen molar-refractivity contribution in [1.29, 1.82) is 0 Å². The molecule has 30 heavy (non-hydrogen) atoms. The summed E-state index contributed by atoms with van der Waals surface area (Å²) < 4.78 is 10.6. The van der Waals surface area contributed by atoms with E-state index < -0.39 is 0 Å². The van der Waals surface area contributed by atoms with Crippen LogP contribution in [0.15, 0.2) is 24.3 Å². The minimum absolute atomic E-state index is 0.00449. The van der Waals surface area contributed by atoms with Crippen molar-refractivity contribution in [2.24, 2.45) is 0 Å². The molecule has 0 aliphatic carbocycles. The monoisotopic (exact) mass is 410 g/mol. The summed E-state index contributed by atoms with van der Waals surface area (Å²) in [5.41, 5.74) is 3.38. The van der Waals surface area contributed by atoms with Crippen LogP contribution < -0.4 is 9.64 Å². The first-order valence-electron chi connectivity index (χ1n) is 10.6. The molecule has 1 aromatic carbocycles. The second-order valence-electron chi connectivity index (χ2n) is 7.98. The highest BCUT2D eigenvalue weighted by Gasteiger charge is 2.33. The Kier molecular flexibility index (Phi) is 6.18. The van der Waals surface area contributed by atoms with E-state index in [4.69, 9.17) is 19.4 Å². The summed E-state index contributed by atoms with van der Waals surface area (Å²) in [5, 5.41) is 0. The number of nitrogens with zero attached hydrogens (tertiary/aromatic N) is 4. The molecule has 7 heteroatoms. The first kappa shape index (κ1) is 20.6. The van der Waals surface area contributed by atoms with Gasteiger partial charge in [-0.25, -0.2) is 9.97 Å². The molecule has 0 spiro atoms. The molecule has 0 bridgehead atoms. The summed E-state index contributed by atoms with van der Waals surface area (Å²) in [6.07, 6.45) is 3.92. The number of para-hydroxylation sites is 1. The average Bonchev–Trinajstić information content (AvgIpc) is 3.25. The summed E-state index contributed by atoms with van der Waals surface area (Å²) in [6.45, 7) is 4.58. The maximum absolute atomic E-state index is 12.5. The molecular formula is C23H30N4O3. The minimum Gasteiger partial charge on any atom is -0.496 e. The zero-order valence-corrected chi connectivity index (χ0v) is 18.1. The van der Waals surface area contributed by atoms with Crippen LogP contribution in [0.2, 0.25) is 0 Å². The Bertz CT molecular complexity index is 917. The van der Waals surface area contributed by atoms with E-state index in [2.05, 4.69) is 17.9 Å². The molecule has 7 nitrogen and oxygen atoms in total. The summed E-state index contributed by atoms with van der Waals surface area (Å²) in [4.78, 5) is 26.6. The van der Waals surface area contributed by atoms with E-state index in [0.29, 0.717) is 0 Å². The van der Waals surface area contributed by atoms with Crippen LogP contribution >= 0.6 is 0 Å². The number of aromatic nitrogens is 2. The average molecular weight is 411 g/mol. The molecule has 1 amide bonds. The van der Waals surface area contributed by atoms with Gasteiger partial charge in [-0.1, -0.05) is 18.2 Å². The second-order valence-corrected chi connectivity index (χ2v) is 7.98. The number of carbonyl (C=O) groups excluding carboxylic acids is 1. The number of hydrogen-bond donors (Lipinski definition) is 0. The van der Waals surface area contributed by atoms with Crippen LogP contribution in [0.4, 0.5) is 5.82 Å². The van der Waals surface area contributed by atoms with Crippen molar-refractivity contribution in [2.75, 3.05) is 38.8 Å². The van der Waals surface area contributed by atoms with E-state index in [1.54, 1.807) is 14.2 Å². The largest absolute Gasteiger partial charge is 0.496 e. The van der Waals surface area contributed by atoms with Crippen molar-refractivity contribution in [3.8, 4) is 5.75 Å². The number of benzene rings is 1. The summed E-state index contributed by atoms with van der Waals surface area (Å²) >= 11 is 0. The van der Waals surface area contributed by atoms with Crippen LogP contribution in [0.25, 0.3) is 0 Å². The van der Waals surface area contributed by atoms with Gasteiger partial charge in [0.2, 0.25) is 5.91 Å². The van der Waals surface area contributed by atoms with Crippen molar-refractivity contribution in [3.05, 3.63) is 46.9 Å². The topological polar surface area (TPSA) is 67.8 Å². The fourth-order valence-electron chi connectivity index (χ4n) is 4.59. The number of hydrogen-bond acceptors (Lipinski definition) is 6. The van der Waals surface area contributed by atoms with Crippen LogP contribution in [0.3, 0.4) is 0 Å². The Morgan fingerprint density at radius 3 is 2.80 bits per heavy atom. The number of ether oxygens (including phenoxy) is 2. The molecule has 0 saturated carbocycles. The molecule has 1 aromatic heterocycles. The molecule has 1 atom stereocenters. The smallest absolute Gasteiger partial charge is 0.249 e. The van der Waals surface area contributed by atoms with Gasteiger partial charge in [-0.2, -0.15) is 0 Å². The molecule has 1 unspecified atom stereocenters. The summed E-state index contributed by atoms with van der Waals surface area (Å²) in [6, 6.07) is 8.05. The molecule has 2 aliphatic rings. The second kappa shape index (κ2) is 9.00. The Morgan fingerprint density at radius 1 is 1.17 bits per heavy atom. The molecule has 0 radical (unpaired) electrons. The Balaban J connectivity index is 1.66. The maximum Gasteiger partial charge on any atom is 0.249 e. The molecule has 0 N–H and O–H groups in total. The standard InChI is InChI=1S/C23H30N4O3/c1-16-18-9-6-12-26(14-17-8-4-5-11-20(17)30-3)23(18)25-22(24-16)19-10-7-13-27(19)21(28)15-29-2/h4-5,8,11,19H,6-7,9-10,12-15H2,1-3H3. The zero-order chi connectivity index (χ0) is 21.1. The van der Waals surface area contributed by atoms with Crippen LogP contribution in [-0.4, -0.2) is 54.7 Å². The van der Waals surface area contributed by atoms with Crippen molar-refractivity contribution < 1.29 is 14.3 Å². The molecule has 1 fully saturated rings. The van der Waals surface area contributed by atoms with Gasteiger partial charge in [0, 0.05) is 43.6 Å². The lowest BCUT2D eigenvalue weighted by atomic mass is 10.0. The van der Waals surface area contributed by atoms with Gasteiger partial charge in [0.15, 0.2) is 5.82 Å². The number of amides is 1. The summed E-state index contributed by atoms with van der Waals surface area (Å²) in [7, 11) is 3.26. The zero-order valence-electron chi connectivity index (χ0n) is 18.1. The number of rotatable bonds is 6. The Labute approximate surface area is 178 Å². The minimum atomic E-state index is -0.0771. The van der Waals surface area contributed by atoms with Crippen LogP contribution in [-0.2, 0) is 22.5 Å². The van der Waals surface area contributed by atoms with Crippen LogP contribution in [0, 0.1) is 6.92 Å². The number of likely N-dealkylation sites (tertiary alicyclic amines) is 1. The molecule has 2 aromatic rings. The fourth-order valence-corrected chi connectivity index (χ4v) is 4.59. The van der Waals surface area contributed by atoms with Gasteiger partial charge in [-0.15, -0.1) is 0 Å². The first-order chi connectivity index (χ1) is 14.6. The van der Waals surface area contributed by atoms with Crippen molar-refractivity contribution in [1.82, 2.24) is 14.9 Å². The van der Waals surface area contributed by atoms with Crippen molar-refractivity contribution in [3.63, 3.8) is 0 Å². The van der Waals surface area contributed by atoms with E-state index >= 15 is 0 Å². The predicted molar refractivity (Wildman–Crippen MR) is 115 cm³/mol. The van der Waals surface area contributed by atoms with Gasteiger partial charge in [0.05, 0.1) is 13.2 Å². The van der Waals surface area contributed by atoms with Gasteiger partial charge in [0.25, 0.3) is 0 Å². The number of fused-ring (bicyclic) bond motifs is 1. The lowest BCUT2D eigenvalue weighted by Crippen LogP contribution is -2.35. The van der Waals surface area contributed by atoms with Crippen molar-refractivity contribution in [2.45, 2.75) is 45.2 Å². The van der Waals surface area contributed by atoms with E-state index in [1.165, 1.54) is 5.56 Å². The van der Waals surface area contributed by atoms with Gasteiger partial charge >= 0.3 is 0 Å². The third-order valence-corrected chi connectivity index (χ3v) is 6.06. The lowest BCUT2D eigenvalue weighted by Gasteiger charge is -2.32. The SMILES string of the molecule is COCC(=O)N1CCCC1c1nc(C)c2c(n1)N(Cc1ccccc1OC)CCC2. The quantitative estimate of drug-likeness (QED) is 0.729. The fraction of sp³-hybridized carbons (Fsp3) is 0.522. The molecule has 3 heterocycles. The lowest BCUT2D eigenvalue weighted by molar-refractivity contribution is -0.136. The van der Waals surface area contributed by atoms with Gasteiger partial charge in [-0.05, 0) is 38.7 Å². The summed E-state index contributed by atoms with van der Waals surface area (Å²) in [5.74, 6) is 2.65. The van der Waals surface area contributed by atoms with E-state index in [1.807, 2.05) is 23.1 Å². The van der Waals surface area contributed by atoms with Crippen molar-refractivity contribution >= 4 is 11.7 Å². The Hall–Kier alpha value is -2.67. The van der Waals surface area contributed by atoms with Gasteiger partial charge < -0.3 is 19.3 Å². The highest BCUT2D eigenvalue weighted by atomic mass is 16.5. The van der Waals surface area contributed by atoms with Gasteiger partial charge in [-0.3, -0.25) is 4.79 Å². The number of methoxy groups -OCH3 is 2. The third-order valence-electron chi connectivity index (χ3n) is 6.06. The van der Waals surface area contributed by atoms with Gasteiger partial charge in [0.1, 0.15) is 18.2 Å². The number of anilines is 1.